The monoisotopic (exact) mass is 532 g/mol. The van der Waals surface area contributed by atoms with E-state index in [4.69, 9.17) is 4.74 Å². The number of likely N-dealkylation sites (tertiary alicyclic amines) is 2. The number of piperidine rings is 1. The topological polar surface area (TPSA) is 57.2 Å². The first kappa shape index (κ1) is 27.1. The van der Waals surface area contributed by atoms with Crippen LogP contribution in [-0.4, -0.2) is 79.6 Å². The molecule has 9 heteroatoms. The molecule has 5 rings (SSSR count). The lowest BCUT2D eigenvalue weighted by atomic mass is 9.56. The molecule has 0 aromatic heterocycles. The number of halogens is 3. The van der Waals surface area contributed by atoms with E-state index in [1.165, 1.54) is 7.05 Å². The van der Waals surface area contributed by atoms with Crippen molar-refractivity contribution in [1.82, 2.24) is 15.1 Å². The second-order valence-electron chi connectivity index (χ2n) is 11.9. The fourth-order valence-corrected chi connectivity index (χ4v) is 7.14. The Hall–Kier alpha value is -2.51. The summed E-state index contributed by atoms with van der Waals surface area (Å²) in [6, 6.07) is -0.00234. The first-order valence-electron chi connectivity index (χ1n) is 13.8. The fraction of sp³-hybridized carbons (Fsp3) is 0.690. The Balaban J connectivity index is 1.12. The largest absolute Gasteiger partial charge is 0.399 e. The Bertz CT molecular complexity index is 1060. The summed E-state index contributed by atoms with van der Waals surface area (Å²) in [6.07, 6.45) is 7.77. The minimum Gasteiger partial charge on any atom is -0.366 e. The van der Waals surface area contributed by atoms with Gasteiger partial charge < -0.3 is 19.9 Å². The quantitative estimate of drug-likeness (QED) is 0.285. The molecule has 0 aromatic rings. The molecule has 3 heterocycles. The summed E-state index contributed by atoms with van der Waals surface area (Å²) in [5, 5.41) is 3.06. The SMILES string of the molecule is C=C=C(N1CC[C@@H]2OCC(=O)N[C@@H]2C1)N1CC2(CC(CC(/C=C\C)/C=C\C(=NC)C3(C(F)(F)F)CC3)C2)C1. The van der Waals surface area contributed by atoms with Gasteiger partial charge in [0.05, 0.1) is 12.1 Å². The summed E-state index contributed by atoms with van der Waals surface area (Å²) in [6.45, 7) is 9.55. The number of hydrogen-bond acceptors (Lipinski definition) is 5. The van der Waals surface area contributed by atoms with E-state index >= 15 is 0 Å². The van der Waals surface area contributed by atoms with E-state index in [1.807, 2.05) is 19.1 Å². The van der Waals surface area contributed by atoms with Gasteiger partial charge in [-0.3, -0.25) is 9.79 Å². The Kier molecular flexibility index (Phi) is 7.29. The highest BCUT2D eigenvalue weighted by molar-refractivity contribution is 6.02. The van der Waals surface area contributed by atoms with E-state index in [2.05, 4.69) is 38.5 Å². The molecule has 38 heavy (non-hydrogen) atoms. The van der Waals surface area contributed by atoms with E-state index in [9.17, 15) is 18.0 Å². The number of aliphatic imine (C=N–C) groups is 1. The fourth-order valence-electron chi connectivity index (χ4n) is 7.14. The Morgan fingerprint density at radius 2 is 2.03 bits per heavy atom. The minimum absolute atomic E-state index is 0.00234. The van der Waals surface area contributed by atoms with Crippen LogP contribution in [0.5, 0.6) is 0 Å². The molecule has 2 aliphatic carbocycles. The number of nitrogens with one attached hydrogen (secondary N) is 1. The van der Waals surface area contributed by atoms with Crippen LogP contribution in [0, 0.1) is 22.7 Å². The van der Waals surface area contributed by atoms with Gasteiger partial charge in [-0.2, -0.15) is 13.2 Å². The zero-order valence-electron chi connectivity index (χ0n) is 22.4. The van der Waals surface area contributed by atoms with Gasteiger partial charge in [0, 0.05) is 44.4 Å². The Morgan fingerprint density at radius 1 is 1.29 bits per heavy atom. The van der Waals surface area contributed by atoms with Crippen molar-refractivity contribution in [3.8, 4) is 0 Å². The van der Waals surface area contributed by atoms with Gasteiger partial charge in [-0.1, -0.05) is 30.5 Å². The molecule has 1 amide bonds. The molecule has 1 spiro atoms. The Labute approximate surface area is 223 Å². The molecule has 0 radical (unpaired) electrons. The first-order valence-corrected chi connectivity index (χ1v) is 13.8. The highest BCUT2D eigenvalue weighted by Gasteiger charge is 2.65. The summed E-state index contributed by atoms with van der Waals surface area (Å²) in [5.74, 6) is 1.62. The predicted octanol–water partition coefficient (Wildman–Crippen LogP) is 4.47. The molecule has 1 N–H and O–H groups in total. The highest BCUT2D eigenvalue weighted by atomic mass is 19.4. The maximum absolute atomic E-state index is 13.6. The number of allylic oxidation sites excluding steroid dienone is 4. The molecule has 5 fully saturated rings. The van der Waals surface area contributed by atoms with Gasteiger partial charge in [0.2, 0.25) is 5.91 Å². The van der Waals surface area contributed by atoms with Crippen molar-refractivity contribution >= 4 is 11.6 Å². The van der Waals surface area contributed by atoms with Crippen LogP contribution in [-0.2, 0) is 9.53 Å². The molecule has 208 valence electrons. The number of amides is 1. The van der Waals surface area contributed by atoms with Crippen molar-refractivity contribution in [2.75, 3.05) is 39.8 Å². The molecule has 5 aliphatic rings. The van der Waals surface area contributed by atoms with E-state index in [0.29, 0.717) is 17.9 Å². The van der Waals surface area contributed by atoms with E-state index < -0.39 is 11.6 Å². The van der Waals surface area contributed by atoms with Gasteiger partial charge >= 0.3 is 6.18 Å². The number of ether oxygens (including phenoxy) is 1. The summed E-state index contributed by atoms with van der Waals surface area (Å²) in [4.78, 5) is 20.4. The molecule has 6 nitrogen and oxygen atoms in total. The number of nitrogens with zero attached hydrogens (tertiary/aromatic N) is 3. The standard InChI is InChI=1S/C29H39F3N4O2/c1-4-6-20(7-8-24(33-3)28(10-11-28)29(30,31)32)13-21-14-27(15-21)18-36(19-27)26(5-2)35-12-9-23-22(16-35)34-25(37)17-38-23/h4,6-8,20-23H,2,9-19H2,1,3H3,(H,34,37)/b6-4-,8-7-,33-24?/t20?,22-,23+/m1/s1. The first-order chi connectivity index (χ1) is 18.1. The van der Waals surface area contributed by atoms with Gasteiger partial charge in [0.1, 0.15) is 17.8 Å². The third-order valence-electron chi connectivity index (χ3n) is 9.15. The van der Waals surface area contributed by atoms with E-state index in [-0.39, 0.29) is 49.1 Å². The molecular weight excluding hydrogens is 493 g/mol. The van der Waals surface area contributed by atoms with E-state index in [1.54, 1.807) is 6.08 Å². The molecule has 3 aliphatic heterocycles. The van der Waals surface area contributed by atoms with Crippen molar-refractivity contribution in [2.24, 2.45) is 27.7 Å². The number of morpholine rings is 1. The molecule has 1 unspecified atom stereocenters. The van der Waals surface area contributed by atoms with Gasteiger partial charge in [0.15, 0.2) is 0 Å². The maximum Gasteiger partial charge on any atom is 0.399 e. The lowest BCUT2D eigenvalue weighted by Crippen LogP contribution is -2.65. The molecule has 3 atom stereocenters. The third kappa shape index (κ3) is 5.07. The van der Waals surface area contributed by atoms with Crippen molar-refractivity contribution in [3.63, 3.8) is 0 Å². The van der Waals surface area contributed by atoms with Crippen molar-refractivity contribution in [3.05, 3.63) is 42.4 Å². The van der Waals surface area contributed by atoms with Gasteiger partial charge in [0.25, 0.3) is 0 Å². The van der Waals surface area contributed by atoms with Crippen LogP contribution >= 0.6 is 0 Å². The van der Waals surface area contributed by atoms with Crippen LogP contribution in [0.3, 0.4) is 0 Å². The number of alkyl halides is 3. The molecule has 0 bridgehead atoms. The number of fused-ring (bicyclic) bond motifs is 1. The molecule has 3 saturated heterocycles. The molecular formula is C29H39F3N4O2. The lowest BCUT2D eigenvalue weighted by Gasteiger charge is -2.61. The van der Waals surface area contributed by atoms with E-state index in [0.717, 1.165) is 51.1 Å². The zero-order valence-corrected chi connectivity index (χ0v) is 22.4. The predicted molar refractivity (Wildman–Crippen MR) is 140 cm³/mol. The zero-order chi connectivity index (χ0) is 27.1. The summed E-state index contributed by atoms with van der Waals surface area (Å²) >= 11 is 0. The van der Waals surface area contributed by atoms with Gasteiger partial charge in [-0.05, 0) is 63.4 Å². The average Bonchev–Trinajstić information content (AvgIpc) is 3.63. The smallest absolute Gasteiger partial charge is 0.366 e. The second-order valence-corrected chi connectivity index (χ2v) is 11.9. The molecule has 2 saturated carbocycles. The summed E-state index contributed by atoms with van der Waals surface area (Å²) in [5.41, 5.74) is 1.87. The van der Waals surface area contributed by atoms with Crippen LogP contribution in [0.2, 0.25) is 0 Å². The Morgan fingerprint density at radius 3 is 2.63 bits per heavy atom. The number of carbonyl (C=O) groups is 1. The van der Waals surface area contributed by atoms with Gasteiger partial charge in [-0.15, -0.1) is 0 Å². The normalized spacial score (nSPS) is 29.5. The minimum atomic E-state index is -4.24. The van der Waals surface area contributed by atoms with Crippen LogP contribution < -0.4 is 5.32 Å². The van der Waals surface area contributed by atoms with Gasteiger partial charge in [-0.25, -0.2) is 0 Å². The summed E-state index contributed by atoms with van der Waals surface area (Å²) in [7, 11) is 1.46. The lowest BCUT2D eigenvalue weighted by molar-refractivity contribution is -0.165. The van der Waals surface area contributed by atoms with Crippen molar-refractivity contribution < 1.29 is 22.7 Å². The second kappa shape index (κ2) is 10.2. The van der Waals surface area contributed by atoms with Crippen LogP contribution in [0.1, 0.15) is 45.4 Å². The highest BCUT2D eigenvalue weighted by Crippen LogP contribution is 2.59. The molecule has 0 aromatic carbocycles. The van der Waals surface area contributed by atoms with Crippen LogP contribution in [0.15, 0.2) is 47.4 Å². The van der Waals surface area contributed by atoms with Crippen LogP contribution in [0.4, 0.5) is 13.2 Å². The summed E-state index contributed by atoms with van der Waals surface area (Å²) < 4.78 is 46.4. The number of hydrogen-bond donors (Lipinski definition) is 1. The van der Waals surface area contributed by atoms with Crippen molar-refractivity contribution in [2.45, 2.75) is 63.8 Å². The third-order valence-corrected chi connectivity index (χ3v) is 9.15. The number of rotatable bonds is 8. The van der Waals surface area contributed by atoms with Crippen LogP contribution in [0.25, 0.3) is 0 Å². The van der Waals surface area contributed by atoms with Crippen molar-refractivity contribution in [1.29, 1.82) is 0 Å². The maximum atomic E-state index is 13.6. The number of carbonyl (C=O) groups excluding carboxylic acids is 1. The average molecular weight is 533 g/mol.